The Morgan fingerprint density at radius 2 is 1.04 bits per heavy atom. The van der Waals surface area contributed by atoms with E-state index < -0.39 is 11.9 Å². The quantitative estimate of drug-likeness (QED) is 0.309. The van der Waals surface area contributed by atoms with Crippen molar-refractivity contribution in [1.82, 2.24) is 0 Å². The van der Waals surface area contributed by atoms with E-state index in [4.69, 9.17) is 20.1 Å². The first kappa shape index (κ1) is 30.6. The highest BCUT2D eigenvalue weighted by molar-refractivity contribution is 5.66. The molecule has 0 atom stereocenters. The van der Waals surface area contributed by atoms with Crippen molar-refractivity contribution in [3.05, 3.63) is 0 Å². The topological polar surface area (TPSA) is 104 Å². The predicted octanol–water partition coefficient (Wildman–Crippen LogP) is 5.27. The lowest BCUT2D eigenvalue weighted by Gasteiger charge is -1.98. The molecule has 0 aliphatic carbocycles. The van der Waals surface area contributed by atoms with Crippen molar-refractivity contribution in [2.24, 2.45) is 0 Å². The van der Waals surface area contributed by atoms with Crippen LogP contribution >= 0.6 is 0 Å². The van der Waals surface area contributed by atoms with Gasteiger partial charge in [0.2, 0.25) is 0 Å². The molecule has 0 aromatic heterocycles. The molecule has 0 aliphatic rings. The van der Waals surface area contributed by atoms with Gasteiger partial charge in [0.25, 0.3) is 0 Å². The number of hydrogen-bond donors (Lipinski definition) is 3. The molecule has 0 saturated heterocycles. The van der Waals surface area contributed by atoms with Crippen LogP contribution in [0.4, 0.5) is 0 Å². The van der Waals surface area contributed by atoms with Gasteiger partial charge in [0, 0.05) is 19.4 Å². The van der Waals surface area contributed by atoms with Crippen molar-refractivity contribution < 1.29 is 29.6 Å². The fraction of sp³-hybridized carbons (Fsp3) is 0.905. The summed E-state index contributed by atoms with van der Waals surface area (Å²) < 4.78 is 5.03. The first-order chi connectivity index (χ1) is 13.0. The van der Waals surface area contributed by atoms with E-state index in [2.05, 4.69) is 20.8 Å². The summed E-state index contributed by atoms with van der Waals surface area (Å²) in [6.07, 6.45) is 12.7. The van der Waals surface area contributed by atoms with Crippen molar-refractivity contribution in [3.63, 3.8) is 0 Å². The molecule has 0 amide bonds. The van der Waals surface area contributed by atoms with Crippen LogP contribution in [0.5, 0.6) is 0 Å². The monoisotopic (exact) mass is 392 g/mol. The molecule has 0 unspecified atom stereocenters. The Morgan fingerprint density at radius 1 is 0.630 bits per heavy atom. The molecule has 0 fully saturated rings. The Balaban J connectivity index is -0.000000320. The standard InChI is InChI=1S/C7H16O2.2C7H14O2/c1-2-3-4-6-9-7-5-8;2*1-2-3-4-5-6-7(8)9/h8H,2-7H2,1H3;2*2-6H2,1H3,(H,8,9). The normalized spacial score (nSPS) is 9.63. The molecule has 0 aromatic carbocycles. The van der Waals surface area contributed by atoms with E-state index >= 15 is 0 Å². The van der Waals surface area contributed by atoms with Crippen LogP contribution in [0.1, 0.15) is 104 Å². The summed E-state index contributed by atoms with van der Waals surface area (Å²) >= 11 is 0. The van der Waals surface area contributed by atoms with Gasteiger partial charge >= 0.3 is 11.9 Å². The molecule has 27 heavy (non-hydrogen) atoms. The Bertz CT molecular complexity index is 266. The molecule has 6 heteroatoms. The van der Waals surface area contributed by atoms with Gasteiger partial charge in [0.15, 0.2) is 0 Å². The maximum Gasteiger partial charge on any atom is 0.303 e. The number of unbranched alkanes of at least 4 members (excludes halogenated alkanes) is 8. The van der Waals surface area contributed by atoms with Gasteiger partial charge in [0.1, 0.15) is 0 Å². The largest absolute Gasteiger partial charge is 0.481 e. The van der Waals surface area contributed by atoms with E-state index in [1.54, 1.807) is 0 Å². The summed E-state index contributed by atoms with van der Waals surface area (Å²) in [4.78, 5) is 19.9. The number of aliphatic hydroxyl groups is 1. The molecule has 0 aliphatic heterocycles. The van der Waals surface area contributed by atoms with Crippen LogP contribution in [-0.2, 0) is 14.3 Å². The fourth-order valence-electron chi connectivity index (χ4n) is 2.03. The predicted molar refractivity (Wildman–Crippen MR) is 110 cm³/mol. The van der Waals surface area contributed by atoms with Crippen LogP contribution in [0.15, 0.2) is 0 Å². The van der Waals surface area contributed by atoms with Crippen molar-refractivity contribution >= 4 is 11.9 Å². The van der Waals surface area contributed by atoms with Gasteiger partial charge in [-0.2, -0.15) is 0 Å². The van der Waals surface area contributed by atoms with Crippen LogP contribution in [0.2, 0.25) is 0 Å². The summed E-state index contributed by atoms with van der Waals surface area (Å²) in [6, 6.07) is 0. The van der Waals surface area contributed by atoms with Gasteiger partial charge < -0.3 is 20.1 Å². The molecule has 0 rings (SSSR count). The second kappa shape index (κ2) is 29.6. The number of aliphatic hydroxyl groups excluding tert-OH is 1. The van der Waals surface area contributed by atoms with E-state index in [1.165, 1.54) is 25.7 Å². The van der Waals surface area contributed by atoms with Crippen molar-refractivity contribution in [1.29, 1.82) is 0 Å². The van der Waals surface area contributed by atoms with E-state index in [1.807, 2.05) is 0 Å². The van der Waals surface area contributed by atoms with E-state index in [-0.39, 0.29) is 6.61 Å². The SMILES string of the molecule is CCCCCCC(=O)O.CCCCCCC(=O)O.CCCCCOCCO. The van der Waals surface area contributed by atoms with Crippen molar-refractivity contribution in [3.8, 4) is 0 Å². The molecule has 0 radical (unpaired) electrons. The molecular weight excluding hydrogens is 348 g/mol. The van der Waals surface area contributed by atoms with Crippen LogP contribution in [-0.4, -0.2) is 47.1 Å². The second-order valence-electron chi connectivity index (χ2n) is 6.45. The number of rotatable bonds is 16. The molecule has 0 saturated carbocycles. The highest BCUT2D eigenvalue weighted by atomic mass is 16.5. The number of carboxylic acids is 2. The molecule has 164 valence electrons. The Morgan fingerprint density at radius 3 is 1.37 bits per heavy atom. The summed E-state index contributed by atoms with van der Waals surface area (Å²) in [5.41, 5.74) is 0. The highest BCUT2D eigenvalue weighted by Gasteiger charge is 1.94. The van der Waals surface area contributed by atoms with E-state index in [9.17, 15) is 9.59 Å². The third-order valence-electron chi connectivity index (χ3n) is 3.62. The molecular formula is C21H44O6. The molecule has 0 heterocycles. The minimum Gasteiger partial charge on any atom is -0.481 e. The van der Waals surface area contributed by atoms with Crippen LogP contribution in [0.3, 0.4) is 0 Å². The first-order valence-electron chi connectivity index (χ1n) is 10.6. The number of ether oxygens (including phenoxy) is 1. The lowest BCUT2D eigenvalue weighted by atomic mass is 10.2. The Hall–Kier alpha value is -1.14. The van der Waals surface area contributed by atoms with Crippen molar-refractivity contribution in [2.45, 2.75) is 104 Å². The minimum atomic E-state index is -0.675. The lowest BCUT2D eigenvalue weighted by Crippen LogP contribution is -2.00. The van der Waals surface area contributed by atoms with Gasteiger partial charge in [-0.1, -0.05) is 72.1 Å². The molecule has 0 aromatic rings. The third-order valence-corrected chi connectivity index (χ3v) is 3.62. The number of carbonyl (C=O) groups is 2. The molecule has 6 nitrogen and oxygen atoms in total. The highest BCUT2D eigenvalue weighted by Crippen LogP contribution is 2.02. The van der Waals surface area contributed by atoms with Gasteiger partial charge in [0.05, 0.1) is 13.2 Å². The molecule has 0 spiro atoms. The maximum atomic E-state index is 9.96. The average Bonchev–Trinajstić information content (AvgIpc) is 2.63. The fourth-order valence-corrected chi connectivity index (χ4v) is 2.03. The van der Waals surface area contributed by atoms with Crippen LogP contribution in [0.25, 0.3) is 0 Å². The Labute approximate surface area is 166 Å². The molecule has 0 bridgehead atoms. The zero-order valence-corrected chi connectivity index (χ0v) is 17.9. The summed E-state index contributed by atoms with van der Waals surface area (Å²) in [7, 11) is 0. The zero-order chi connectivity index (χ0) is 21.2. The zero-order valence-electron chi connectivity index (χ0n) is 17.9. The Kier molecular flexibility index (Phi) is 33.5. The summed E-state index contributed by atoms with van der Waals surface area (Å²) in [6.45, 7) is 7.82. The summed E-state index contributed by atoms with van der Waals surface area (Å²) in [5, 5.41) is 24.7. The maximum absolute atomic E-state index is 9.96. The number of hydrogen-bond acceptors (Lipinski definition) is 4. The van der Waals surface area contributed by atoms with Crippen LogP contribution in [0, 0.1) is 0 Å². The summed E-state index contributed by atoms with van der Waals surface area (Å²) in [5.74, 6) is -1.35. The first-order valence-corrected chi connectivity index (χ1v) is 10.6. The van der Waals surface area contributed by atoms with Crippen molar-refractivity contribution in [2.75, 3.05) is 19.8 Å². The lowest BCUT2D eigenvalue weighted by molar-refractivity contribution is -0.138. The van der Waals surface area contributed by atoms with Gasteiger partial charge in [-0.3, -0.25) is 9.59 Å². The average molecular weight is 393 g/mol. The number of carboxylic acid groups (broad SMARTS) is 2. The van der Waals surface area contributed by atoms with E-state index in [0.29, 0.717) is 19.4 Å². The third kappa shape index (κ3) is 45.7. The molecule has 3 N–H and O–H groups in total. The number of aliphatic carboxylic acids is 2. The van der Waals surface area contributed by atoms with Gasteiger partial charge in [-0.15, -0.1) is 0 Å². The second-order valence-corrected chi connectivity index (χ2v) is 6.45. The van der Waals surface area contributed by atoms with Crippen LogP contribution < -0.4 is 0 Å². The van der Waals surface area contributed by atoms with Gasteiger partial charge in [-0.05, 0) is 19.3 Å². The van der Waals surface area contributed by atoms with Gasteiger partial charge in [-0.25, -0.2) is 0 Å². The smallest absolute Gasteiger partial charge is 0.303 e. The van der Waals surface area contributed by atoms with E-state index in [0.717, 1.165) is 51.6 Å². The minimum absolute atomic E-state index is 0.145.